The number of aromatic nitrogens is 3. The average molecular weight is 479 g/mol. The summed E-state index contributed by atoms with van der Waals surface area (Å²) in [5.74, 6) is 2.47. The molecule has 1 aliphatic heterocycles. The molecule has 34 heavy (non-hydrogen) atoms. The molecule has 0 N–H and O–H groups in total. The van der Waals surface area contributed by atoms with E-state index >= 15 is 0 Å². The molecule has 4 rings (SSSR count). The SMILES string of the molecule is CCCOc1ccc(C2Oc3nc(SCC(C)C)nnc3-c3ccccc3N2C(=O)CC)cc1. The van der Waals surface area contributed by atoms with Crippen molar-refractivity contribution in [3.63, 3.8) is 0 Å². The molecule has 0 aliphatic carbocycles. The maximum atomic E-state index is 13.2. The zero-order valence-corrected chi connectivity index (χ0v) is 20.8. The molecular formula is C26H30N4O3S. The van der Waals surface area contributed by atoms with Crippen LogP contribution < -0.4 is 14.4 Å². The number of amides is 1. The third kappa shape index (κ3) is 5.17. The van der Waals surface area contributed by atoms with Crippen molar-refractivity contribution in [2.24, 2.45) is 5.92 Å². The Morgan fingerprint density at radius 1 is 1.12 bits per heavy atom. The average Bonchev–Trinajstić information content (AvgIpc) is 3.00. The van der Waals surface area contributed by atoms with Crippen LogP contribution in [0.1, 0.15) is 52.3 Å². The maximum Gasteiger partial charge on any atom is 0.247 e. The lowest BCUT2D eigenvalue weighted by atomic mass is 10.1. The third-order valence-electron chi connectivity index (χ3n) is 5.27. The van der Waals surface area contributed by atoms with Crippen LogP contribution in [-0.2, 0) is 4.79 Å². The van der Waals surface area contributed by atoms with Gasteiger partial charge in [-0.1, -0.05) is 57.7 Å². The molecule has 2 heterocycles. The van der Waals surface area contributed by atoms with Crippen LogP contribution in [0, 0.1) is 5.92 Å². The Kier molecular flexibility index (Phi) is 7.67. The van der Waals surface area contributed by atoms with Crippen molar-refractivity contribution < 1.29 is 14.3 Å². The van der Waals surface area contributed by atoms with Crippen molar-refractivity contribution in [3.8, 4) is 22.9 Å². The van der Waals surface area contributed by atoms with Crippen molar-refractivity contribution in [3.05, 3.63) is 54.1 Å². The quantitative estimate of drug-likeness (QED) is 0.372. The fourth-order valence-corrected chi connectivity index (χ4v) is 4.35. The van der Waals surface area contributed by atoms with Crippen molar-refractivity contribution >= 4 is 23.4 Å². The standard InChI is InChI=1S/C26H30N4O3S/c1-5-15-32-19-13-11-18(12-14-19)25-30(22(31)6-2)21-10-8-7-9-20(21)23-24(33-25)27-26(29-28-23)34-16-17(3)4/h7-14,17,25H,5-6,15-16H2,1-4H3. The molecule has 2 aromatic carbocycles. The second-order valence-corrected chi connectivity index (χ2v) is 9.46. The van der Waals surface area contributed by atoms with E-state index in [0.29, 0.717) is 35.7 Å². The summed E-state index contributed by atoms with van der Waals surface area (Å²) in [4.78, 5) is 19.6. The summed E-state index contributed by atoms with van der Waals surface area (Å²) in [5.41, 5.74) is 2.85. The van der Waals surface area contributed by atoms with Crippen LogP contribution in [-0.4, -0.2) is 33.4 Å². The van der Waals surface area contributed by atoms with E-state index in [1.807, 2.05) is 55.5 Å². The molecule has 0 spiro atoms. The minimum Gasteiger partial charge on any atom is -0.494 e. The van der Waals surface area contributed by atoms with Crippen LogP contribution in [0.4, 0.5) is 5.69 Å². The number of benzene rings is 2. The summed E-state index contributed by atoms with van der Waals surface area (Å²) >= 11 is 1.55. The smallest absolute Gasteiger partial charge is 0.247 e. The van der Waals surface area contributed by atoms with E-state index in [0.717, 1.165) is 34.7 Å². The molecule has 8 heteroatoms. The van der Waals surface area contributed by atoms with Gasteiger partial charge >= 0.3 is 0 Å². The number of fused-ring (bicyclic) bond motifs is 3. The van der Waals surface area contributed by atoms with Gasteiger partial charge in [0.1, 0.15) is 5.75 Å². The molecule has 1 aliphatic rings. The van der Waals surface area contributed by atoms with Crippen molar-refractivity contribution in [2.45, 2.75) is 51.9 Å². The largest absolute Gasteiger partial charge is 0.494 e. The highest BCUT2D eigenvalue weighted by molar-refractivity contribution is 7.99. The van der Waals surface area contributed by atoms with Crippen LogP contribution in [0.15, 0.2) is 53.7 Å². The van der Waals surface area contributed by atoms with Crippen molar-refractivity contribution in [2.75, 3.05) is 17.3 Å². The topological polar surface area (TPSA) is 77.4 Å². The van der Waals surface area contributed by atoms with Crippen LogP contribution in [0.3, 0.4) is 0 Å². The predicted octanol–water partition coefficient (Wildman–Crippen LogP) is 5.91. The van der Waals surface area contributed by atoms with E-state index in [4.69, 9.17) is 14.5 Å². The van der Waals surface area contributed by atoms with E-state index in [1.165, 1.54) is 0 Å². The molecule has 178 valence electrons. The van der Waals surface area contributed by atoms with Gasteiger partial charge in [-0.15, -0.1) is 10.2 Å². The highest BCUT2D eigenvalue weighted by Crippen LogP contribution is 2.43. The molecule has 0 radical (unpaired) electrons. The fraction of sp³-hybridized carbons (Fsp3) is 0.385. The van der Waals surface area contributed by atoms with Gasteiger partial charge in [-0.25, -0.2) is 0 Å². The molecule has 0 saturated heterocycles. The Bertz CT molecular complexity index is 1140. The second kappa shape index (κ2) is 10.9. The number of carbonyl (C=O) groups excluding carboxylic acids is 1. The first kappa shape index (κ1) is 24.0. The van der Waals surface area contributed by atoms with Gasteiger partial charge in [-0.2, -0.15) is 4.98 Å². The van der Waals surface area contributed by atoms with E-state index < -0.39 is 6.23 Å². The maximum absolute atomic E-state index is 13.2. The van der Waals surface area contributed by atoms with Gasteiger partial charge in [-0.05, 0) is 42.7 Å². The Hall–Kier alpha value is -3.13. The van der Waals surface area contributed by atoms with Crippen LogP contribution in [0.5, 0.6) is 11.6 Å². The number of rotatable bonds is 8. The molecular weight excluding hydrogens is 448 g/mol. The fourth-order valence-electron chi connectivity index (χ4n) is 3.62. The predicted molar refractivity (Wildman–Crippen MR) is 134 cm³/mol. The lowest BCUT2D eigenvalue weighted by Crippen LogP contribution is -2.37. The summed E-state index contributed by atoms with van der Waals surface area (Å²) in [6.07, 6.45) is 0.565. The first-order chi connectivity index (χ1) is 16.5. The highest BCUT2D eigenvalue weighted by atomic mass is 32.2. The summed E-state index contributed by atoms with van der Waals surface area (Å²) in [7, 11) is 0. The molecule has 1 atom stereocenters. The lowest BCUT2D eigenvalue weighted by molar-refractivity contribution is -0.120. The van der Waals surface area contributed by atoms with Crippen molar-refractivity contribution in [1.29, 1.82) is 0 Å². The number of para-hydroxylation sites is 1. The van der Waals surface area contributed by atoms with E-state index in [9.17, 15) is 4.79 Å². The molecule has 1 unspecified atom stereocenters. The minimum absolute atomic E-state index is 0.0565. The summed E-state index contributed by atoms with van der Waals surface area (Å²) in [5, 5.41) is 9.37. The zero-order chi connectivity index (χ0) is 24.1. The van der Waals surface area contributed by atoms with E-state index in [2.05, 4.69) is 31.0 Å². The molecule has 7 nitrogen and oxygen atoms in total. The number of carbonyl (C=O) groups is 1. The van der Waals surface area contributed by atoms with Crippen molar-refractivity contribution in [1.82, 2.24) is 15.2 Å². The highest BCUT2D eigenvalue weighted by Gasteiger charge is 2.35. The Morgan fingerprint density at radius 3 is 2.59 bits per heavy atom. The summed E-state index contributed by atoms with van der Waals surface area (Å²) in [6, 6.07) is 15.3. The van der Waals surface area contributed by atoms with Gasteiger partial charge in [-0.3, -0.25) is 9.69 Å². The van der Waals surface area contributed by atoms with Gasteiger partial charge in [0, 0.05) is 23.3 Å². The zero-order valence-electron chi connectivity index (χ0n) is 20.0. The van der Waals surface area contributed by atoms with Gasteiger partial charge in [0.2, 0.25) is 23.2 Å². The van der Waals surface area contributed by atoms with Crippen LogP contribution in [0.2, 0.25) is 0 Å². The number of ether oxygens (including phenoxy) is 2. The van der Waals surface area contributed by atoms with Crippen LogP contribution >= 0.6 is 11.8 Å². The number of thioether (sulfide) groups is 1. The van der Waals surface area contributed by atoms with E-state index in [-0.39, 0.29) is 5.91 Å². The molecule has 0 fully saturated rings. The molecule has 1 aromatic heterocycles. The molecule has 1 amide bonds. The number of nitrogens with zero attached hydrogens (tertiary/aromatic N) is 4. The summed E-state index contributed by atoms with van der Waals surface area (Å²) in [6.45, 7) is 8.87. The number of hydrogen-bond acceptors (Lipinski definition) is 7. The second-order valence-electron chi connectivity index (χ2n) is 8.48. The lowest BCUT2D eigenvalue weighted by Gasteiger charge is -2.30. The van der Waals surface area contributed by atoms with Gasteiger partial charge in [0.05, 0.1) is 12.3 Å². The molecule has 3 aromatic rings. The number of anilines is 1. The summed E-state index contributed by atoms with van der Waals surface area (Å²) < 4.78 is 12.2. The third-order valence-corrected chi connectivity index (χ3v) is 6.53. The Labute approximate surface area is 204 Å². The van der Waals surface area contributed by atoms with Crippen LogP contribution in [0.25, 0.3) is 11.3 Å². The van der Waals surface area contributed by atoms with Gasteiger partial charge in [0.15, 0.2) is 5.69 Å². The Morgan fingerprint density at radius 2 is 1.88 bits per heavy atom. The number of hydrogen-bond donors (Lipinski definition) is 0. The monoisotopic (exact) mass is 478 g/mol. The molecule has 0 bridgehead atoms. The van der Waals surface area contributed by atoms with Gasteiger partial charge in [0.25, 0.3) is 0 Å². The minimum atomic E-state index is -0.699. The Balaban J connectivity index is 1.80. The van der Waals surface area contributed by atoms with E-state index in [1.54, 1.807) is 16.7 Å². The molecule has 0 saturated carbocycles. The first-order valence-corrected chi connectivity index (χ1v) is 12.7. The normalized spacial score (nSPS) is 14.7. The first-order valence-electron chi connectivity index (χ1n) is 11.7. The van der Waals surface area contributed by atoms with Gasteiger partial charge < -0.3 is 9.47 Å².